The highest BCUT2D eigenvalue weighted by Crippen LogP contribution is 2.10. The van der Waals surface area contributed by atoms with Gasteiger partial charge in [0, 0.05) is 45.2 Å². The standard InChI is InChI=1S/C38H71N3O12/c1-3-14-36(44)41-34(16-17-35(43)39-19-13-11-9-7-5-6-8-10-12-15-37(45)46)38(47)40-20-22-49-24-26-51-28-30-53-32-31-52-29-27-50-25-23-48-21-18-33(42)4-2/h34H,3-32H2,1-2H3,(H,39,43)(H,40,47)(H,41,44)(H,45,46)/t34-/m1/s1. The molecule has 3 amide bonds. The van der Waals surface area contributed by atoms with E-state index in [0.717, 1.165) is 57.8 Å². The molecule has 4 N–H and O–H groups in total. The highest BCUT2D eigenvalue weighted by Gasteiger charge is 2.21. The molecule has 0 aliphatic heterocycles. The van der Waals surface area contributed by atoms with Crippen LogP contribution in [0.25, 0.3) is 0 Å². The Labute approximate surface area is 317 Å². The Morgan fingerprint density at radius 2 is 0.962 bits per heavy atom. The van der Waals surface area contributed by atoms with E-state index in [1.807, 2.05) is 13.8 Å². The molecule has 0 saturated carbocycles. The van der Waals surface area contributed by atoms with E-state index in [9.17, 15) is 24.0 Å². The second kappa shape index (κ2) is 39.0. The second-order valence-electron chi connectivity index (χ2n) is 12.7. The summed E-state index contributed by atoms with van der Waals surface area (Å²) in [6, 6.07) is -0.800. The molecule has 0 aromatic carbocycles. The molecule has 0 aliphatic carbocycles. The van der Waals surface area contributed by atoms with Crippen molar-refractivity contribution in [2.45, 2.75) is 123 Å². The highest BCUT2D eigenvalue weighted by molar-refractivity contribution is 5.88. The summed E-state index contributed by atoms with van der Waals surface area (Å²) in [5.74, 6) is -1.25. The van der Waals surface area contributed by atoms with Crippen LogP contribution in [0.15, 0.2) is 0 Å². The van der Waals surface area contributed by atoms with Gasteiger partial charge in [0.05, 0.1) is 79.3 Å². The van der Waals surface area contributed by atoms with E-state index in [-0.39, 0.29) is 55.9 Å². The quantitative estimate of drug-likeness (QED) is 0.0660. The summed E-state index contributed by atoms with van der Waals surface area (Å²) in [6.45, 7) is 9.60. The smallest absolute Gasteiger partial charge is 0.303 e. The van der Waals surface area contributed by atoms with E-state index in [2.05, 4.69) is 16.0 Å². The maximum atomic E-state index is 12.8. The molecule has 0 aromatic rings. The Hall–Kier alpha value is -2.69. The second-order valence-corrected chi connectivity index (χ2v) is 12.7. The Kier molecular flexibility index (Phi) is 37.0. The van der Waals surface area contributed by atoms with Gasteiger partial charge >= 0.3 is 5.97 Å². The summed E-state index contributed by atoms with van der Waals surface area (Å²) in [4.78, 5) is 59.1. The van der Waals surface area contributed by atoms with Gasteiger partial charge in [-0.3, -0.25) is 24.0 Å². The molecule has 15 heteroatoms. The van der Waals surface area contributed by atoms with Gasteiger partial charge in [0.2, 0.25) is 17.7 Å². The van der Waals surface area contributed by atoms with Crippen molar-refractivity contribution < 1.29 is 57.5 Å². The van der Waals surface area contributed by atoms with Crippen LogP contribution in [0.1, 0.15) is 117 Å². The molecule has 0 unspecified atom stereocenters. The lowest BCUT2D eigenvalue weighted by atomic mass is 10.1. The van der Waals surface area contributed by atoms with Crippen LogP contribution >= 0.6 is 0 Å². The summed E-state index contributed by atoms with van der Waals surface area (Å²) < 4.78 is 32.7. The van der Waals surface area contributed by atoms with E-state index < -0.39 is 12.0 Å². The number of carbonyl (C=O) groups excluding carboxylic acids is 4. The minimum Gasteiger partial charge on any atom is -0.481 e. The zero-order chi connectivity index (χ0) is 39.0. The minimum atomic E-state index is -0.800. The van der Waals surface area contributed by atoms with Crippen LogP contribution in [-0.4, -0.2) is 133 Å². The fourth-order valence-corrected chi connectivity index (χ4v) is 4.93. The molecular formula is C38H71N3O12. The van der Waals surface area contributed by atoms with Crippen molar-refractivity contribution >= 4 is 29.5 Å². The summed E-state index contributed by atoms with van der Waals surface area (Å²) >= 11 is 0. The number of aliphatic carboxylic acids is 1. The van der Waals surface area contributed by atoms with Crippen molar-refractivity contribution in [1.29, 1.82) is 0 Å². The summed E-state index contributed by atoms with van der Waals surface area (Å²) in [5.41, 5.74) is 0. The average molecular weight is 762 g/mol. The molecule has 15 nitrogen and oxygen atoms in total. The SMILES string of the molecule is CCCC(=O)N[C@H](CCC(=O)NCCCCCCCCCCCC(=O)O)C(=O)NCCOCCOCCOCCOCCOCCOCCC(=O)CC. The van der Waals surface area contributed by atoms with E-state index >= 15 is 0 Å². The van der Waals surface area contributed by atoms with E-state index in [4.69, 9.17) is 33.5 Å². The third kappa shape index (κ3) is 37.4. The molecule has 0 bridgehead atoms. The van der Waals surface area contributed by atoms with Crippen molar-refractivity contribution in [3.05, 3.63) is 0 Å². The predicted octanol–water partition coefficient (Wildman–Crippen LogP) is 3.74. The number of Topliss-reactive ketones (excluding diaryl/α,β-unsaturated/α-hetero) is 1. The van der Waals surface area contributed by atoms with E-state index in [1.165, 1.54) is 0 Å². The van der Waals surface area contributed by atoms with Gasteiger partial charge in [-0.15, -0.1) is 0 Å². The summed E-state index contributed by atoms with van der Waals surface area (Å²) in [7, 11) is 0. The van der Waals surface area contributed by atoms with Crippen LogP contribution in [0.3, 0.4) is 0 Å². The predicted molar refractivity (Wildman–Crippen MR) is 201 cm³/mol. The van der Waals surface area contributed by atoms with Crippen LogP contribution < -0.4 is 16.0 Å². The van der Waals surface area contributed by atoms with Crippen molar-refractivity contribution in [3.8, 4) is 0 Å². The van der Waals surface area contributed by atoms with Crippen molar-refractivity contribution in [3.63, 3.8) is 0 Å². The van der Waals surface area contributed by atoms with Gasteiger partial charge in [-0.2, -0.15) is 0 Å². The number of carboxylic acids is 1. The first kappa shape index (κ1) is 50.3. The van der Waals surface area contributed by atoms with Gasteiger partial charge in [0.15, 0.2) is 0 Å². The monoisotopic (exact) mass is 762 g/mol. The molecule has 0 rings (SSSR count). The Bertz CT molecular complexity index is 925. The Morgan fingerprint density at radius 1 is 0.491 bits per heavy atom. The number of rotatable bonds is 41. The van der Waals surface area contributed by atoms with Crippen LogP contribution in [0.2, 0.25) is 0 Å². The minimum absolute atomic E-state index is 0.133. The average Bonchev–Trinajstić information content (AvgIpc) is 3.14. The molecule has 0 heterocycles. The van der Waals surface area contributed by atoms with Crippen molar-refractivity contribution in [1.82, 2.24) is 16.0 Å². The van der Waals surface area contributed by atoms with Crippen LogP contribution in [0, 0.1) is 0 Å². The van der Waals surface area contributed by atoms with Gasteiger partial charge in [-0.05, 0) is 25.7 Å². The first-order chi connectivity index (χ1) is 25.8. The fourth-order valence-electron chi connectivity index (χ4n) is 4.93. The number of ketones is 1. The Morgan fingerprint density at radius 3 is 1.45 bits per heavy atom. The number of hydrogen-bond donors (Lipinski definition) is 4. The zero-order valence-corrected chi connectivity index (χ0v) is 32.7. The van der Waals surface area contributed by atoms with Crippen LogP contribution in [0.4, 0.5) is 0 Å². The first-order valence-electron chi connectivity index (χ1n) is 19.8. The number of ether oxygens (including phenoxy) is 6. The normalized spacial score (nSPS) is 11.7. The van der Waals surface area contributed by atoms with Gasteiger partial charge in [0.1, 0.15) is 11.8 Å². The van der Waals surface area contributed by atoms with Gasteiger partial charge in [-0.1, -0.05) is 58.8 Å². The molecule has 0 radical (unpaired) electrons. The molecule has 0 aliphatic rings. The lowest BCUT2D eigenvalue weighted by Crippen LogP contribution is -2.48. The maximum Gasteiger partial charge on any atom is 0.303 e. The van der Waals surface area contributed by atoms with Crippen molar-refractivity contribution in [2.24, 2.45) is 0 Å². The number of carbonyl (C=O) groups is 5. The van der Waals surface area contributed by atoms with Gasteiger partial charge in [0.25, 0.3) is 0 Å². The van der Waals surface area contributed by atoms with Crippen molar-refractivity contribution in [2.75, 3.05) is 92.4 Å². The lowest BCUT2D eigenvalue weighted by molar-refractivity contribution is -0.137. The van der Waals surface area contributed by atoms with Crippen LogP contribution in [0.5, 0.6) is 0 Å². The van der Waals surface area contributed by atoms with E-state index in [0.29, 0.717) is 105 Å². The largest absolute Gasteiger partial charge is 0.481 e. The molecular weight excluding hydrogens is 690 g/mol. The number of amides is 3. The maximum absolute atomic E-state index is 12.8. The number of hydrogen-bond acceptors (Lipinski definition) is 11. The molecule has 0 fully saturated rings. The lowest BCUT2D eigenvalue weighted by Gasteiger charge is -2.18. The number of unbranched alkanes of at least 4 members (excludes halogenated alkanes) is 8. The summed E-state index contributed by atoms with van der Waals surface area (Å²) in [6.07, 6.45) is 11.7. The van der Waals surface area contributed by atoms with E-state index in [1.54, 1.807) is 0 Å². The fraction of sp³-hybridized carbons (Fsp3) is 0.868. The molecule has 0 spiro atoms. The van der Waals surface area contributed by atoms with Gasteiger partial charge in [-0.25, -0.2) is 0 Å². The van der Waals surface area contributed by atoms with Crippen LogP contribution in [-0.2, 0) is 52.4 Å². The topological polar surface area (TPSA) is 197 Å². The molecule has 0 saturated heterocycles. The number of carboxylic acid groups (broad SMARTS) is 1. The number of nitrogens with one attached hydrogen (secondary N) is 3. The Balaban J connectivity index is 3.81. The molecule has 310 valence electrons. The summed E-state index contributed by atoms with van der Waals surface area (Å²) in [5, 5.41) is 17.1. The first-order valence-corrected chi connectivity index (χ1v) is 19.8. The molecule has 0 aromatic heterocycles. The van der Waals surface area contributed by atoms with Gasteiger partial charge < -0.3 is 49.5 Å². The molecule has 1 atom stereocenters. The third-order valence-electron chi connectivity index (χ3n) is 8.00. The molecule has 53 heavy (non-hydrogen) atoms. The highest BCUT2D eigenvalue weighted by atomic mass is 16.6. The zero-order valence-electron chi connectivity index (χ0n) is 32.7. The third-order valence-corrected chi connectivity index (χ3v) is 8.00.